The van der Waals surface area contributed by atoms with Gasteiger partial charge in [0.15, 0.2) is 15.0 Å². The first-order valence-corrected chi connectivity index (χ1v) is 8.86. The minimum atomic E-state index is -2.91. The van der Waals surface area contributed by atoms with Crippen molar-refractivity contribution in [2.24, 2.45) is 13.0 Å². The molecule has 0 radical (unpaired) electrons. The maximum atomic E-state index is 11.5. The van der Waals surface area contributed by atoms with Crippen LogP contribution in [-0.2, 0) is 16.9 Å². The number of rotatable bonds is 4. The van der Waals surface area contributed by atoms with E-state index >= 15 is 0 Å². The molecule has 1 aliphatic heterocycles. The van der Waals surface area contributed by atoms with Crippen LogP contribution in [0.4, 0.5) is 0 Å². The van der Waals surface area contributed by atoms with Crippen molar-refractivity contribution < 1.29 is 8.42 Å². The Labute approximate surface area is 117 Å². The van der Waals surface area contributed by atoms with Crippen LogP contribution in [0.1, 0.15) is 25.1 Å². The van der Waals surface area contributed by atoms with Crippen LogP contribution in [0.3, 0.4) is 0 Å². The Balaban J connectivity index is 2.09. The van der Waals surface area contributed by atoms with E-state index in [1.54, 1.807) is 0 Å². The van der Waals surface area contributed by atoms with Crippen molar-refractivity contribution in [3.05, 3.63) is 5.82 Å². The van der Waals surface area contributed by atoms with E-state index < -0.39 is 9.84 Å². The maximum absolute atomic E-state index is 11.5. The highest BCUT2D eigenvalue weighted by Gasteiger charge is 2.32. The van der Waals surface area contributed by atoms with Crippen molar-refractivity contribution >= 4 is 21.6 Å². The van der Waals surface area contributed by atoms with Gasteiger partial charge in [0.1, 0.15) is 5.82 Å². The van der Waals surface area contributed by atoms with Gasteiger partial charge in [-0.25, -0.2) is 8.42 Å². The number of hydrogen-bond donors (Lipinski definition) is 0. The van der Waals surface area contributed by atoms with Gasteiger partial charge in [-0.05, 0) is 13.3 Å². The summed E-state index contributed by atoms with van der Waals surface area (Å²) in [6.45, 7) is 1.85. The fourth-order valence-electron chi connectivity index (χ4n) is 2.04. The number of sulfone groups is 1. The number of nitrogens with zero attached hydrogens (tertiary/aromatic N) is 4. The molecule has 1 fully saturated rings. The second-order valence-electron chi connectivity index (χ2n) is 4.84. The lowest BCUT2D eigenvalue weighted by Gasteiger charge is -2.08. The minimum Gasteiger partial charge on any atom is -0.309 e. The predicted molar refractivity (Wildman–Crippen MR) is 72.5 cm³/mol. The zero-order valence-corrected chi connectivity index (χ0v) is 12.5. The summed E-state index contributed by atoms with van der Waals surface area (Å²) in [5.74, 6) is 1.69. The Morgan fingerprint density at radius 1 is 1.58 bits per heavy atom. The molecule has 1 aliphatic rings. The third-order valence-electron chi connectivity index (χ3n) is 3.15. The Kier molecular flexibility index (Phi) is 4.16. The predicted octanol–water partition coefficient (Wildman–Crippen LogP) is 0.969. The van der Waals surface area contributed by atoms with Crippen molar-refractivity contribution in [3.8, 4) is 6.07 Å². The molecule has 8 heteroatoms. The highest BCUT2D eigenvalue weighted by molar-refractivity contribution is 7.99. The molecular formula is C11H16N4O2S2. The van der Waals surface area contributed by atoms with Gasteiger partial charge >= 0.3 is 0 Å². The van der Waals surface area contributed by atoms with Crippen LogP contribution >= 0.6 is 11.8 Å². The Hall–Kier alpha value is -1.07. The Bertz CT molecular complexity index is 603. The molecule has 104 valence electrons. The van der Waals surface area contributed by atoms with E-state index in [4.69, 9.17) is 5.26 Å². The molecule has 0 unspecified atom stereocenters. The first kappa shape index (κ1) is 14.3. The van der Waals surface area contributed by atoms with Crippen LogP contribution in [0.25, 0.3) is 0 Å². The first-order valence-electron chi connectivity index (χ1n) is 6.05. The third-order valence-corrected chi connectivity index (χ3v) is 6.20. The van der Waals surface area contributed by atoms with Crippen LogP contribution in [0.2, 0.25) is 0 Å². The fraction of sp³-hybridized carbons (Fsp3) is 0.727. The lowest BCUT2D eigenvalue weighted by molar-refractivity contribution is 0.599. The molecule has 2 rings (SSSR count). The van der Waals surface area contributed by atoms with E-state index in [1.165, 1.54) is 11.8 Å². The Morgan fingerprint density at radius 2 is 2.32 bits per heavy atom. The number of hydrogen-bond acceptors (Lipinski definition) is 6. The normalized spacial score (nSPS) is 23.1. The summed E-state index contributed by atoms with van der Waals surface area (Å²) in [6.07, 6.45) is 0.619. The summed E-state index contributed by atoms with van der Waals surface area (Å²) < 4.78 is 24.8. The van der Waals surface area contributed by atoms with Crippen molar-refractivity contribution in [2.75, 3.05) is 17.3 Å². The molecule has 0 saturated carbocycles. The summed E-state index contributed by atoms with van der Waals surface area (Å²) in [5.41, 5.74) is 0. The van der Waals surface area contributed by atoms with Gasteiger partial charge in [-0.1, -0.05) is 11.8 Å². The lowest BCUT2D eigenvalue weighted by Crippen LogP contribution is -2.09. The molecule has 2 heterocycles. The van der Waals surface area contributed by atoms with Crippen LogP contribution in [0, 0.1) is 17.2 Å². The molecule has 0 bridgehead atoms. The van der Waals surface area contributed by atoms with E-state index in [1.807, 2.05) is 18.5 Å². The van der Waals surface area contributed by atoms with Crippen LogP contribution in [0.5, 0.6) is 0 Å². The molecule has 0 aromatic carbocycles. The second-order valence-corrected chi connectivity index (χ2v) is 8.06. The van der Waals surface area contributed by atoms with E-state index in [9.17, 15) is 8.42 Å². The van der Waals surface area contributed by atoms with E-state index in [0.29, 0.717) is 12.2 Å². The largest absolute Gasteiger partial charge is 0.309 e. The molecule has 0 aliphatic carbocycles. The van der Waals surface area contributed by atoms with Crippen molar-refractivity contribution in [1.82, 2.24) is 14.8 Å². The number of nitriles is 1. The van der Waals surface area contributed by atoms with Gasteiger partial charge in [0, 0.05) is 18.7 Å². The van der Waals surface area contributed by atoms with Gasteiger partial charge < -0.3 is 4.57 Å². The van der Waals surface area contributed by atoms with E-state index in [2.05, 4.69) is 16.3 Å². The van der Waals surface area contributed by atoms with Crippen LogP contribution < -0.4 is 0 Å². The molecule has 0 spiro atoms. The lowest BCUT2D eigenvalue weighted by atomic mass is 10.1. The summed E-state index contributed by atoms with van der Waals surface area (Å²) in [6, 6.07) is 2.17. The standard InChI is InChI=1S/C11H16N4O2S2/c1-8(5-12)6-18-11-14-13-10(15(11)2)9-3-4-19(16,17)7-9/h8-9H,3-4,6-7H2,1-2H3/t8-,9+/m1/s1. The quantitative estimate of drug-likeness (QED) is 0.770. The molecule has 19 heavy (non-hydrogen) atoms. The Morgan fingerprint density at radius 3 is 2.89 bits per heavy atom. The smallest absolute Gasteiger partial charge is 0.191 e. The molecular weight excluding hydrogens is 284 g/mol. The molecule has 1 aromatic heterocycles. The van der Waals surface area contributed by atoms with Gasteiger partial charge in [0.2, 0.25) is 0 Å². The van der Waals surface area contributed by atoms with Gasteiger partial charge in [-0.15, -0.1) is 10.2 Å². The number of thioether (sulfide) groups is 1. The zero-order valence-electron chi connectivity index (χ0n) is 10.9. The van der Waals surface area contributed by atoms with Crippen LogP contribution in [-0.4, -0.2) is 40.4 Å². The molecule has 0 amide bonds. The highest BCUT2D eigenvalue weighted by Crippen LogP contribution is 2.29. The van der Waals surface area contributed by atoms with Gasteiger partial charge in [-0.3, -0.25) is 0 Å². The summed E-state index contributed by atoms with van der Waals surface area (Å²) >= 11 is 1.48. The van der Waals surface area contributed by atoms with Gasteiger partial charge in [0.25, 0.3) is 0 Å². The van der Waals surface area contributed by atoms with Gasteiger partial charge in [0.05, 0.1) is 23.5 Å². The highest BCUT2D eigenvalue weighted by atomic mass is 32.2. The average molecular weight is 300 g/mol. The second kappa shape index (κ2) is 5.51. The van der Waals surface area contributed by atoms with E-state index in [-0.39, 0.29) is 23.3 Å². The molecule has 0 N–H and O–H groups in total. The summed E-state index contributed by atoms with van der Waals surface area (Å²) in [7, 11) is -1.06. The van der Waals surface area contributed by atoms with Gasteiger partial charge in [-0.2, -0.15) is 5.26 Å². The maximum Gasteiger partial charge on any atom is 0.191 e. The summed E-state index contributed by atoms with van der Waals surface area (Å²) in [4.78, 5) is 0. The van der Waals surface area contributed by atoms with Crippen LogP contribution in [0.15, 0.2) is 5.16 Å². The van der Waals surface area contributed by atoms with Crippen molar-refractivity contribution in [2.45, 2.75) is 24.4 Å². The zero-order chi connectivity index (χ0) is 14.0. The molecule has 1 aromatic rings. The fourth-order valence-corrected chi connectivity index (χ4v) is 4.64. The van der Waals surface area contributed by atoms with E-state index in [0.717, 1.165) is 11.0 Å². The third kappa shape index (κ3) is 3.28. The molecule has 2 atom stereocenters. The number of aromatic nitrogens is 3. The van der Waals surface area contributed by atoms with Crippen molar-refractivity contribution in [3.63, 3.8) is 0 Å². The van der Waals surface area contributed by atoms with Crippen molar-refractivity contribution in [1.29, 1.82) is 5.26 Å². The minimum absolute atomic E-state index is 0.0444. The first-order chi connectivity index (χ1) is 8.93. The SMILES string of the molecule is C[C@H](C#N)CSc1nnc([C@H]2CCS(=O)(=O)C2)n1C. The molecule has 1 saturated heterocycles. The topological polar surface area (TPSA) is 88.6 Å². The molecule has 6 nitrogen and oxygen atoms in total. The monoisotopic (exact) mass is 300 g/mol. The summed E-state index contributed by atoms with van der Waals surface area (Å²) in [5, 5.41) is 17.7. The average Bonchev–Trinajstić information content (AvgIpc) is 2.89.